The number of imidazole rings is 1. The quantitative estimate of drug-likeness (QED) is 0.414. The number of allylic oxidation sites excluding steroid dienone is 1. The van der Waals surface area contributed by atoms with Crippen molar-refractivity contribution in [3.8, 4) is 17.1 Å². The first-order valence-corrected chi connectivity index (χ1v) is 14.0. The maximum Gasteiger partial charge on any atom is 0.221 e. The van der Waals surface area contributed by atoms with Crippen LogP contribution in [-0.2, 0) is 23.1 Å². The van der Waals surface area contributed by atoms with Gasteiger partial charge in [0.25, 0.3) is 0 Å². The second-order valence-corrected chi connectivity index (χ2v) is 10.2. The highest BCUT2D eigenvalue weighted by Crippen LogP contribution is 2.34. The zero-order valence-electron chi connectivity index (χ0n) is 25.1. The third kappa shape index (κ3) is 6.61. The van der Waals surface area contributed by atoms with E-state index in [1.165, 1.54) is 0 Å². The van der Waals surface area contributed by atoms with E-state index in [1.807, 2.05) is 57.5 Å². The van der Waals surface area contributed by atoms with Crippen molar-refractivity contribution < 1.29 is 19.3 Å². The second kappa shape index (κ2) is 13.3. The zero-order chi connectivity index (χ0) is 29.7. The van der Waals surface area contributed by atoms with Crippen LogP contribution in [0.25, 0.3) is 22.9 Å². The van der Waals surface area contributed by atoms with Gasteiger partial charge < -0.3 is 25.1 Å². The van der Waals surface area contributed by atoms with Gasteiger partial charge in [-0.05, 0) is 46.4 Å². The summed E-state index contributed by atoms with van der Waals surface area (Å²) in [5.74, 6) is 1.56. The molecule has 2 atom stereocenters. The number of aromatic nitrogens is 5. The molecule has 0 saturated heterocycles. The van der Waals surface area contributed by atoms with Gasteiger partial charge in [0.1, 0.15) is 17.6 Å². The highest BCUT2D eigenvalue weighted by atomic mass is 16.5. The first-order valence-electron chi connectivity index (χ1n) is 14.0. The minimum Gasteiger partial charge on any atom is -0.479 e. The van der Waals surface area contributed by atoms with Crippen LogP contribution in [0, 0.1) is 6.92 Å². The Morgan fingerprint density at radius 2 is 2.10 bits per heavy atom. The van der Waals surface area contributed by atoms with Gasteiger partial charge in [-0.2, -0.15) is 5.10 Å². The van der Waals surface area contributed by atoms with Crippen molar-refractivity contribution in [2.24, 2.45) is 17.8 Å². The molecule has 0 amide bonds. The molecule has 1 aliphatic heterocycles. The second-order valence-electron chi connectivity index (χ2n) is 10.2. The first kappa shape index (κ1) is 30.2. The molecular formula is C29H42N8O4. The third-order valence-corrected chi connectivity index (χ3v) is 6.90. The van der Waals surface area contributed by atoms with Crippen LogP contribution in [0.15, 0.2) is 34.9 Å². The molecule has 41 heavy (non-hydrogen) atoms. The Morgan fingerprint density at radius 1 is 1.32 bits per heavy atom. The molecule has 222 valence electrons. The van der Waals surface area contributed by atoms with Crippen LogP contribution in [0.1, 0.15) is 44.9 Å². The molecule has 2 unspecified atom stereocenters. The number of aliphatic hydroxyl groups excluding tert-OH is 1. The van der Waals surface area contributed by atoms with E-state index in [0.717, 1.165) is 29.0 Å². The molecule has 0 spiro atoms. The van der Waals surface area contributed by atoms with E-state index < -0.39 is 0 Å². The lowest BCUT2D eigenvalue weighted by Crippen LogP contribution is -2.38. The number of likely N-dealkylation sites (N-methyl/N-ethyl adjacent to an activating group) is 1. The number of nitrogens with two attached hydrogens (primary N) is 1. The van der Waals surface area contributed by atoms with Crippen LogP contribution in [0.5, 0.6) is 5.88 Å². The summed E-state index contributed by atoms with van der Waals surface area (Å²) < 4.78 is 21.6. The van der Waals surface area contributed by atoms with Crippen molar-refractivity contribution in [3.63, 3.8) is 0 Å². The number of aliphatic imine (C=N–C) groups is 1. The van der Waals surface area contributed by atoms with E-state index in [2.05, 4.69) is 16.8 Å². The molecule has 12 nitrogen and oxygen atoms in total. The summed E-state index contributed by atoms with van der Waals surface area (Å²) >= 11 is 0. The maximum atomic E-state index is 9.83. The molecule has 4 heterocycles. The largest absolute Gasteiger partial charge is 0.479 e. The lowest BCUT2D eigenvalue weighted by Gasteiger charge is -2.26. The molecule has 2 bridgehead atoms. The van der Waals surface area contributed by atoms with E-state index in [4.69, 9.17) is 35.0 Å². The Bertz CT molecular complexity index is 1450. The first-order chi connectivity index (χ1) is 19.7. The molecule has 0 aromatic carbocycles. The minimum absolute atomic E-state index is 0.0896. The number of fused-ring (bicyclic) bond motifs is 3. The van der Waals surface area contributed by atoms with Gasteiger partial charge in [0.05, 0.1) is 65.8 Å². The lowest BCUT2D eigenvalue weighted by molar-refractivity contribution is 0.149. The molecule has 0 aliphatic carbocycles. The Hall–Kier alpha value is -3.74. The van der Waals surface area contributed by atoms with E-state index in [1.54, 1.807) is 18.0 Å². The summed E-state index contributed by atoms with van der Waals surface area (Å²) in [6.45, 7) is 12.3. The zero-order valence-corrected chi connectivity index (χ0v) is 25.1. The number of aryl methyl sites for hydroxylation is 2. The average Bonchev–Trinajstić information content (AvgIpc) is 3.48. The number of methoxy groups -OCH3 is 1. The third-order valence-electron chi connectivity index (χ3n) is 6.90. The lowest BCUT2D eigenvalue weighted by atomic mass is 10.1. The summed E-state index contributed by atoms with van der Waals surface area (Å²) in [5, 5.41) is 14.5. The van der Waals surface area contributed by atoms with Crippen molar-refractivity contribution in [2.45, 2.75) is 53.4 Å². The van der Waals surface area contributed by atoms with Gasteiger partial charge in [-0.3, -0.25) is 14.3 Å². The molecule has 1 aliphatic rings. The number of hydrogen-bond acceptors (Lipinski definition) is 10. The van der Waals surface area contributed by atoms with Gasteiger partial charge in [-0.15, -0.1) is 0 Å². The molecule has 3 aromatic heterocycles. The van der Waals surface area contributed by atoms with Gasteiger partial charge in [-0.25, -0.2) is 14.6 Å². The van der Waals surface area contributed by atoms with Crippen molar-refractivity contribution in [1.82, 2.24) is 29.0 Å². The highest BCUT2D eigenvalue weighted by Gasteiger charge is 2.25. The highest BCUT2D eigenvalue weighted by molar-refractivity contribution is 6.05. The van der Waals surface area contributed by atoms with Gasteiger partial charge in [0, 0.05) is 33.4 Å². The standard InChI is InChI=1S/C29H42N8O4/c1-8-36-13-19(4)41-29-27(24(17-39-7)34-35(29)6)23-15-37-25(20(5)33-23)12-31-26(37)11-10-21(28(30)40-9-2)22(14-36)32-18(3)16-38/h10-12,15,18-19,38H,8-9,13-14,16-17,30H2,1-7H3/b11-10+,28-21+,32-22?. The molecule has 0 saturated carbocycles. The van der Waals surface area contributed by atoms with Crippen LogP contribution in [0.4, 0.5) is 0 Å². The monoisotopic (exact) mass is 566 g/mol. The van der Waals surface area contributed by atoms with E-state index in [9.17, 15) is 5.11 Å². The Balaban J connectivity index is 1.99. The predicted molar refractivity (Wildman–Crippen MR) is 159 cm³/mol. The number of ether oxygens (including phenoxy) is 3. The van der Waals surface area contributed by atoms with E-state index in [0.29, 0.717) is 55.0 Å². The van der Waals surface area contributed by atoms with E-state index in [-0.39, 0.29) is 24.6 Å². The topological polar surface area (TPSA) is 138 Å². The van der Waals surface area contributed by atoms with Crippen LogP contribution >= 0.6 is 0 Å². The smallest absolute Gasteiger partial charge is 0.221 e. The van der Waals surface area contributed by atoms with Crippen LogP contribution < -0.4 is 10.5 Å². The normalized spacial score (nSPS) is 20.4. The number of aliphatic hydroxyl groups is 1. The molecule has 0 radical (unpaired) electrons. The molecule has 3 aromatic rings. The Labute approximate surface area is 241 Å². The summed E-state index contributed by atoms with van der Waals surface area (Å²) in [7, 11) is 3.51. The SMILES string of the molecule is CCO/C(N)=C1\C=C\c2ncc3c(C)nc(cn23)-c2c(COC)nn(C)c2OC(C)CN(CC)CC1=NC(C)CO. The maximum absolute atomic E-state index is 9.83. The van der Waals surface area contributed by atoms with Crippen LogP contribution in [-0.4, -0.2) is 92.0 Å². The fourth-order valence-corrected chi connectivity index (χ4v) is 4.93. The number of rotatable bonds is 7. The Morgan fingerprint density at radius 3 is 2.78 bits per heavy atom. The summed E-state index contributed by atoms with van der Waals surface area (Å²) in [6.07, 6.45) is 7.31. The van der Waals surface area contributed by atoms with Crippen molar-refractivity contribution in [2.75, 3.05) is 40.0 Å². The fraction of sp³-hybridized carbons (Fsp3) is 0.517. The Kier molecular flexibility index (Phi) is 9.79. The van der Waals surface area contributed by atoms with Crippen LogP contribution in [0.3, 0.4) is 0 Å². The van der Waals surface area contributed by atoms with Gasteiger partial charge in [-0.1, -0.05) is 6.92 Å². The average molecular weight is 567 g/mol. The molecule has 4 rings (SSSR count). The van der Waals surface area contributed by atoms with Crippen molar-refractivity contribution in [3.05, 3.63) is 47.1 Å². The minimum atomic E-state index is -0.322. The molecule has 3 N–H and O–H groups in total. The predicted octanol–water partition coefficient (Wildman–Crippen LogP) is 2.73. The molecule has 0 fully saturated rings. The summed E-state index contributed by atoms with van der Waals surface area (Å²) in [4.78, 5) is 16.7. The van der Waals surface area contributed by atoms with E-state index >= 15 is 0 Å². The number of nitrogens with zero attached hydrogens (tertiary/aromatic N) is 7. The van der Waals surface area contributed by atoms with Gasteiger partial charge in [0.15, 0.2) is 5.88 Å². The number of hydrogen-bond donors (Lipinski definition) is 2. The van der Waals surface area contributed by atoms with Gasteiger partial charge >= 0.3 is 0 Å². The summed E-state index contributed by atoms with van der Waals surface area (Å²) in [5.41, 5.74) is 11.7. The van der Waals surface area contributed by atoms with Crippen molar-refractivity contribution >= 4 is 17.3 Å². The fourth-order valence-electron chi connectivity index (χ4n) is 4.93. The van der Waals surface area contributed by atoms with Gasteiger partial charge in [0.2, 0.25) is 5.88 Å². The van der Waals surface area contributed by atoms with Crippen molar-refractivity contribution in [1.29, 1.82) is 0 Å². The van der Waals surface area contributed by atoms with Crippen LogP contribution in [0.2, 0.25) is 0 Å². The molecule has 12 heteroatoms. The summed E-state index contributed by atoms with van der Waals surface area (Å²) in [6, 6.07) is -0.322. The molecular weight excluding hydrogens is 524 g/mol.